The van der Waals surface area contributed by atoms with Gasteiger partial charge in [-0.1, -0.05) is 18.2 Å². The van der Waals surface area contributed by atoms with E-state index in [1.807, 2.05) is 49.4 Å². The highest BCUT2D eigenvalue weighted by Gasteiger charge is 2.32. The van der Waals surface area contributed by atoms with Crippen LogP contribution in [-0.2, 0) is 0 Å². The molecule has 0 amide bonds. The average Bonchev–Trinajstić information content (AvgIpc) is 3.15. The van der Waals surface area contributed by atoms with Crippen LogP contribution in [0.1, 0.15) is 10.6 Å². The van der Waals surface area contributed by atoms with Crippen LogP contribution in [-0.4, -0.2) is 29.6 Å². The first-order valence-electron chi connectivity index (χ1n) is 7.87. The van der Waals surface area contributed by atoms with Crippen molar-refractivity contribution in [3.8, 4) is 5.75 Å². The largest absolute Gasteiger partial charge is 0.510 e. The monoisotopic (exact) mass is 351 g/mol. The topological polar surface area (TPSA) is 69.4 Å². The van der Waals surface area contributed by atoms with Gasteiger partial charge >= 0.3 is 0 Å². The Morgan fingerprint density at radius 2 is 2.04 bits per heavy atom. The maximum atomic E-state index is 10.5. The molecule has 1 aromatic heterocycles. The normalized spacial score (nSPS) is 14.6. The zero-order valence-electron chi connectivity index (χ0n) is 13.9. The van der Waals surface area contributed by atoms with Gasteiger partial charge in [0.05, 0.1) is 35.1 Å². The lowest BCUT2D eigenvalue weighted by molar-refractivity contribution is 0.407. The predicted octanol–water partition coefficient (Wildman–Crippen LogP) is 4.38. The molecule has 6 heteroatoms. The van der Waals surface area contributed by atoms with Gasteiger partial charge in [0.1, 0.15) is 22.4 Å². The van der Waals surface area contributed by atoms with Gasteiger partial charge in [-0.05, 0) is 36.8 Å². The molecule has 0 unspecified atom stereocenters. The Bertz CT molecular complexity index is 989. The molecule has 25 heavy (non-hydrogen) atoms. The van der Waals surface area contributed by atoms with Crippen LogP contribution in [0.25, 0.3) is 15.8 Å². The van der Waals surface area contributed by atoms with Gasteiger partial charge in [0, 0.05) is 0 Å². The van der Waals surface area contributed by atoms with Gasteiger partial charge in [-0.2, -0.15) is 0 Å². The van der Waals surface area contributed by atoms with Gasteiger partial charge in [0.25, 0.3) is 0 Å². The number of nitrogens with one attached hydrogen (secondary N) is 1. The summed E-state index contributed by atoms with van der Waals surface area (Å²) in [5, 5.41) is 19.8. The van der Waals surface area contributed by atoms with Gasteiger partial charge in [-0.3, -0.25) is 5.41 Å². The minimum absolute atomic E-state index is 0.160. The molecule has 0 atom stereocenters. The first-order chi connectivity index (χ1) is 12.1. The number of hydrogen-bond donors (Lipinski definition) is 2. The van der Waals surface area contributed by atoms with Gasteiger partial charge in [0.15, 0.2) is 0 Å². The summed E-state index contributed by atoms with van der Waals surface area (Å²) < 4.78 is 6.47. The van der Waals surface area contributed by atoms with E-state index >= 15 is 0 Å². The fourth-order valence-electron chi connectivity index (χ4n) is 3.00. The number of methoxy groups -OCH3 is 1. The molecule has 1 aliphatic rings. The molecular weight excluding hydrogens is 334 g/mol. The highest BCUT2D eigenvalue weighted by Crippen LogP contribution is 2.38. The highest BCUT2D eigenvalue weighted by atomic mass is 32.1. The highest BCUT2D eigenvalue weighted by molar-refractivity contribution is 7.19. The molecule has 4 rings (SSSR count). The molecule has 0 fully saturated rings. The minimum Gasteiger partial charge on any atom is -0.510 e. The molecule has 0 bridgehead atoms. The van der Waals surface area contributed by atoms with Crippen LogP contribution < -0.4 is 9.64 Å². The number of ether oxygens (including phenoxy) is 1. The van der Waals surface area contributed by atoms with E-state index in [9.17, 15) is 5.11 Å². The zero-order chi connectivity index (χ0) is 17.6. The summed E-state index contributed by atoms with van der Waals surface area (Å²) >= 11 is 1.48. The number of aromatic nitrogens is 1. The van der Waals surface area contributed by atoms with E-state index in [2.05, 4.69) is 4.98 Å². The van der Waals surface area contributed by atoms with Gasteiger partial charge < -0.3 is 14.7 Å². The zero-order valence-corrected chi connectivity index (χ0v) is 14.7. The Balaban J connectivity index is 1.76. The number of benzene rings is 2. The lowest BCUT2D eigenvalue weighted by Gasteiger charge is -2.21. The van der Waals surface area contributed by atoms with Crippen LogP contribution >= 0.6 is 11.3 Å². The van der Waals surface area contributed by atoms with E-state index < -0.39 is 0 Å². The Hall–Kier alpha value is -2.86. The van der Waals surface area contributed by atoms with Gasteiger partial charge in [-0.25, -0.2) is 4.98 Å². The fraction of sp³-hybridized carbons (Fsp3) is 0.158. The average molecular weight is 351 g/mol. The predicted molar refractivity (Wildman–Crippen MR) is 102 cm³/mol. The Morgan fingerprint density at radius 1 is 1.24 bits per heavy atom. The maximum absolute atomic E-state index is 10.5. The molecule has 0 saturated carbocycles. The maximum Gasteiger partial charge on any atom is 0.142 e. The summed E-state index contributed by atoms with van der Waals surface area (Å²) in [4.78, 5) is 6.34. The number of aryl methyl sites for hydroxylation is 1. The number of hydrogen-bond acceptors (Lipinski definition) is 5. The van der Waals surface area contributed by atoms with Crippen molar-refractivity contribution in [3.63, 3.8) is 0 Å². The molecule has 0 spiro atoms. The van der Waals surface area contributed by atoms with Crippen LogP contribution in [0.15, 0.2) is 48.2 Å². The number of thiazole rings is 1. The van der Waals surface area contributed by atoms with Gasteiger partial charge in [0.2, 0.25) is 0 Å². The number of aliphatic hydroxyl groups excluding tert-OH is 1. The summed E-state index contributed by atoms with van der Waals surface area (Å²) in [7, 11) is 1.61. The number of amidine groups is 1. The summed E-state index contributed by atoms with van der Waals surface area (Å²) in [5.74, 6) is 1.07. The van der Waals surface area contributed by atoms with Crippen LogP contribution in [0.2, 0.25) is 0 Å². The molecule has 3 aromatic rings. The number of nitrogens with zero attached hydrogens (tertiary/aromatic N) is 2. The fourth-order valence-corrected chi connectivity index (χ4v) is 4.03. The summed E-state index contributed by atoms with van der Waals surface area (Å²) in [6.07, 6.45) is 0. The first kappa shape index (κ1) is 15.7. The molecule has 2 N–H and O–H groups in total. The van der Waals surface area contributed by atoms with E-state index in [4.69, 9.17) is 10.1 Å². The number of rotatable bonds is 3. The van der Waals surface area contributed by atoms with Crippen LogP contribution in [0.3, 0.4) is 0 Å². The number of anilines is 1. The molecule has 0 saturated heterocycles. The summed E-state index contributed by atoms with van der Waals surface area (Å²) in [6.45, 7) is 2.23. The Labute approximate surface area is 149 Å². The van der Waals surface area contributed by atoms with Crippen molar-refractivity contribution in [2.45, 2.75) is 6.92 Å². The molecule has 2 heterocycles. The van der Waals surface area contributed by atoms with Crippen molar-refractivity contribution in [3.05, 3.63) is 58.8 Å². The molecule has 1 aliphatic heterocycles. The smallest absolute Gasteiger partial charge is 0.142 e. The van der Waals surface area contributed by atoms with Crippen molar-refractivity contribution in [2.24, 2.45) is 0 Å². The van der Waals surface area contributed by atoms with Crippen LogP contribution in [0.5, 0.6) is 5.75 Å². The van der Waals surface area contributed by atoms with E-state index in [0.717, 1.165) is 21.5 Å². The van der Waals surface area contributed by atoms with Crippen LogP contribution in [0.4, 0.5) is 5.69 Å². The van der Waals surface area contributed by atoms with E-state index in [0.29, 0.717) is 16.3 Å². The van der Waals surface area contributed by atoms with Gasteiger partial charge in [-0.15, -0.1) is 11.3 Å². The minimum atomic E-state index is 0.160. The summed E-state index contributed by atoms with van der Waals surface area (Å²) in [5.41, 5.74) is 3.21. The molecule has 5 nitrogen and oxygen atoms in total. The molecule has 0 aliphatic carbocycles. The third-order valence-corrected chi connectivity index (χ3v) is 5.29. The molecule has 0 radical (unpaired) electrons. The standard InChI is InChI=1S/C19H17N3O2S/c1-11-7-8-15(24-2)13(9-11)22-10-14(23)17(18(22)20)19-21-12-5-3-4-6-16(12)25-19/h3-9,20,23H,10H2,1-2H3. The number of fused-ring (bicyclic) bond motifs is 1. The second-order valence-corrected chi connectivity index (χ2v) is 6.95. The number of aliphatic hydroxyl groups is 1. The van der Waals surface area contributed by atoms with E-state index in [1.54, 1.807) is 12.0 Å². The lowest BCUT2D eigenvalue weighted by atomic mass is 10.2. The van der Waals surface area contributed by atoms with E-state index in [1.165, 1.54) is 11.3 Å². The Morgan fingerprint density at radius 3 is 2.80 bits per heavy atom. The lowest BCUT2D eigenvalue weighted by Crippen LogP contribution is -2.26. The second kappa shape index (κ2) is 5.89. The molecule has 126 valence electrons. The van der Waals surface area contributed by atoms with E-state index in [-0.39, 0.29) is 18.1 Å². The van der Waals surface area contributed by atoms with Crippen molar-refractivity contribution < 1.29 is 9.84 Å². The van der Waals surface area contributed by atoms with Crippen molar-refractivity contribution in [1.29, 1.82) is 5.41 Å². The van der Waals surface area contributed by atoms with Crippen molar-refractivity contribution in [2.75, 3.05) is 18.6 Å². The molecular formula is C19H17N3O2S. The van der Waals surface area contributed by atoms with Crippen LogP contribution in [0, 0.1) is 12.3 Å². The number of para-hydroxylation sites is 1. The summed E-state index contributed by atoms with van der Waals surface area (Å²) in [6, 6.07) is 13.6. The second-order valence-electron chi connectivity index (χ2n) is 5.92. The molecule has 2 aromatic carbocycles. The first-order valence-corrected chi connectivity index (χ1v) is 8.69. The Kier molecular flexibility index (Phi) is 3.69. The van der Waals surface area contributed by atoms with Crippen molar-refractivity contribution >= 4 is 38.6 Å². The SMILES string of the molecule is COc1ccc(C)cc1N1CC(O)=C(c2nc3ccccc3s2)C1=N. The van der Waals surface area contributed by atoms with Crippen molar-refractivity contribution in [1.82, 2.24) is 4.98 Å². The quantitative estimate of drug-likeness (QED) is 0.735. The third kappa shape index (κ3) is 2.55. The third-order valence-electron chi connectivity index (χ3n) is 4.24.